The molecule has 0 unspecified atom stereocenters. The number of aromatic nitrogens is 1. The normalized spacial score (nSPS) is 15.2. The van der Waals surface area contributed by atoms with Gasteiger partial charge in [0.25, 0.3) is 5.91 Å². The molecule has 1 saturated heterocycles. The van der Waals surface area contributed by atoms with E-state index in [4.69, 9.17) is 22.7 Å². The van der Waals surface area contributed by atoms with Gasteiger partial charge in [0.15, 0.2) is 5.11 Å². The lowest BCUT2D eigenvalue weighted by Crippen LogP contribution is -2.31. The number of carbonyl (C=O) groups is 2. The first-order valence-electron chi connectivity index (χ1n) is 10.8. The van der Waals surface area contributed by atoms with Crippen LogP contribution < -0.4 is 15.4 Å². The molecule has 33 heavy (non-hydrogen) atoms. The molecule has 0 bridgehead atoms. The van der Waals surface area contributed by atoms with E-state index in [0.717, 1.165) is 34.2 Å². The summed E-state index contributed by atoms with van der Waals surface area (Å²) >= 11 is 5.59. The minimum Gasteiger partial charge on any atom is -0.494 e. The minimum absolute atomic E-state index is 0.0667. The van der Waals surface area contributed by atoms with E-state index in [1.54, 1.807) is 11.9 Å². The summed E-state index contributed by atoms with van der Waals surface area (Å²) in [5.74, 6) is 0.0972. The lowest BCUT2D eigenvalue weighted by Gasteiger charge is -2.16. The lowest BCUT2D eigenvalue weighted by molar-refractivity contribution is -0.118. The molecule has 1 aliphatic heterocycles. The van der Waals surface area contributed by atoms with Crippen LogP contribution in [0.25, 0.3) is 17.0 Å². The summed E-state index contributed by atoms with van der Waals surface area (Å²) < 4.78 is 7.35. The van der Waals surface area contributed by atoms with Crippen molar-refractivity contribution in [2.75, 3.05) is 18.6 Å². The van der Waals surface area contributed by atoms with E-state index in [-0.39, 0.29) is 12.5 Å². The highest BCUT2D eigenvalue weighted by molar-refractivity contribution is 7.80. The average Bonchev–Trinajstić information content (AvgIpc) is 3.24. The molecule has 2 aromatic carbocycles. The van der Waals surface area contributed by atoms with Crippen LogP contribution in [-0.4, -0.2) is 40.0 Å². The molecule has 0 atom stereocenters. The molecule has 1 fully saturated rings. The minimum atomic E-state index is -0.422. The molecule has 2 amide bonds. The first-order valence-corrected chi connectivity index (χ1v) is 11.2. The monoisotopic (exact) mass is 462 g/mol. The van der Waals surface area contributed by atoms with E-state index in [9.17, 15) is 9.59 Å². The Bertz CT molecular complexity index is 1280. The molecule has 3 aromatic rings. The number of hydrogen-bond donors (Lipinski definition) is 1. The molecule has 7 nitrogen and oxygen atoms in total. The lowest BCUT2D eigenvalue weighted by atomic mass is 10.1. The number of benzene rings is 2. The van der Waals surface area contributed by atoms with Gasteiger partial charge in [-0.3, -0.25) is 14.5 Å². The van der Waals surface area contributed by atoms with Crippen LogP contribution in [0.5, 0.6) is 5.75 Å². The van der Waals surface area contributed by atoms with Crippen LogP contribution in [0.1, 0.15) is 25.0 Å². The Morgan fingerprint density at radius 1 is 1.15 bits per heavy atom. The second-order valence-electron chi connectivity index (χ2n) is 7.78. The highest BCUT2D eigenvalue weighted by Crippen LogP contribution is 2.32. The number of fused-ring (bicyclic) bond motifs is 1. The molecule has 1 aliphatic rings. The van der Waals surface area contributed by atoms with Crippen LogP contribution in [-0.2, 0) is 22.6 Å². The van der Waals surface area contributed by atoms with Gasteiger partial charge < -0.3 is 19.9 Å². The van der Waals surface area contributed by atoms with Crippen LogP contribution in [0.2, 0.25) is 0 Å². The molecule has 170 valence electrons. The summed E-state index contributed by atoms with van der Waals surface area (Å²) in [6, 6.07) is 13.3. The zero-order chi connectivity index (χ0) is 23.7. The van der Waals surface area contributed by atoms with Crippen molar-refractivity contribution < 1.29 is 14.3 Å². The number of aryl methyl sites for hydroxylation is 1. The number of primary amides is 1. The maximum Gasteiger partial charge on any atom is 0.281 e. The Balaban J connectivity index is 1.77. The Hall–Kier alpha value is -3.65. The fraction of sp³-hybridized carbons (Fsp3) is 0.240. The van der Waals surface area contributed by atoms with Crippen molar-refractivity contribution in [3.05, 3.63) is 65.5 Å². The first kappa shape index (κ1) is 22.5. The third-order valence-corrected chi connectivity index (χ3v) is 6.14. The quantitative estimate of drug-likeness (QED) is 0.428. The van der Waals surface area contributed by atoms with Gasteiger partial charge in [-0.05, 0) is 61.5 Å². The predicted molar refractivity (Wildman–Crippen MR) is 134 cm³/mol. The van der Waals surface area contributed by atoms with Crippen LogP contribution in [0.3, 0.4) is 0 Å². The number of rotatable bonds is 7. The van der Waals surface area contributed by atoms with Gasteiger partial charge in [-0.1, -0.05) is 25.1 Å². The number of hydrogen-bond acceptors (Lipinski definition) is 4. The summed E-state index contributed by atoms with van der Waals surface area (Å²) in [6.07, 6.45) is 4.50. The van der Waals surface area contributed by atoms with Crippen molar-refractivity contribution in [2.45, 2.75) is 26.8 Å². The molecule has 0 spiro atoms. The number of thiocarbonyl (C=S) groups is 1. The van der Waals surface area contributed by atoms with Gasteiger partial charge in [-0.15, -0.1) is 0 Å². The van der Waals surface area contributed by atoms with Crippen LogP contribution >= 0.6 is 12.2 Å². The highest BCUT2D eigenvalue weighted by atomic mass is 32.1. The molecule has 1 aromatic heterocycles. The molecule has 0 radical (unpaired) electrons. The van der Waals surface area contributed by atoms with Gasteiger partial charge in [0, 0.05) is 24.2 Å². The standard InChI is InChI=1S/C25H26N4O3S/c1-4-16-7-6-8-20-17(14-28(23(16)20)15-22(26)30)13-21-24(31)29(25(33)27(21)3)18-9-11-19(12-10-18)32-5-2/h6-14H,4-5,15H2,1-3H3,(H2,26,30)/b21-13+. The highest BCUT2D eigenvalue weighted by Gasteiger charge is 2.37. The fourth-order valence-corrected chi connectivity index (χ4v) is 4.43. The van der Waals surface area contributed by atoms with Crippen molar-refractivity contribution in [1.82, 2.24) is 9.47 Å². The maximum atomic E-state index is 13.4. The van der Waals surface area contributed by atoms with Gasteiger partial charge in [-0.2, -0.15) is 0 Å². The SMILES string of the molecule is CCOc1ccc(N2C(=O)/C(=C\c3cn(CC(N)=O)c4c(CC)cccc34)N(C)C2=S)cc1. The van der Waals surface area contributed by atoms with E-state index in [2.05, 4.69) is 6.92 Å². The fourth-order valence-electron chi connectivity index (χ4n) is 4.15. The predicted octanol–water partition coefficient (Wildman–Crippen LogP) is 3.69. The van der Waals surface area contributed by atoms with E-state index in [1.807, 2.05) is 66.2 Å². The third-order valence-electron chi connectivity index (χ3n) is 5.68. The number of likely N-dealkylation sites (N-methyl/N-ethyl adjacent to an activating group) is 1. The summed E-state index contributed by atoms with van der Waals surface area (Å²) in [7, 11) is 1.78. The first-order chi connectivity index (χ1) is 15.8. The number of nitrogens with zero attached hydrogens (tertiary/aromatic N) is 3. The van der Waals surface area contributed by atoms with Crippen LogP contribution in [0.4, 0.5) is 5.69 Å². The van der Waals surface area contributed by atoms with E-state index in [1.165, 1.54) is 4.90 Å². The summed E-state index contributed by atoms with van der Waals surface area (Å²) in [4.78, 5) is 28.3. The molecule has 0 saturated carbocycles. The van der Waals surface area contributed by atoms with E-state index < -0.39 is 5.91 Å². The number of ether oxygens (including phenoxy) is 1. The van der Waals surface area contributed by atoms with Gasteiger partial charge in [-0.25, -0.2) is 0 Å². The average molecular weight is 463 g/mol. The van der Waals surface area contributed by atoms with Crippen molar-refractivity contribution in [2.24, 2.45) is 5.73 Å². The molecule has 2 heterocycles. The van der Waals surface area contributed by atoms with Gasteiger partial charge in [0.05, 0.1) is 17.8 Å². The Morgan fingerprint density at radius 2 is 1.88 bits per heavy atom. The summed E-state index contributed by atoms with van der Waals surface area (Å²) in [5.41, 5.74) is 9.49. The van der Waals surface area contributed by atoms with Gasteiger partial charge in [0.2, 0.25) is 5.91 Å². The maximum absolute atomic E-state index is 13.4. The molecule has 4 rings (SSSR count). The largest absolute Gasteiger partial charge is 0.494 e. The smallest absolute Gasteiger partial charge is 0.281 e. The number of anilines is 1. The van der Waals surface area contributed by atoms with Crippen molar-refractivity contribution in [3.63, 3.8) is 0 Å². The number of nitrogens with two attached hydrogens (primary N) is 1. The zero-order valence-electron chi connectivity index (χ0n) is 18.9. The molecular formula is C25H26N4O3S. The number of para-hydroxylation sites is 1. The molecule has 8 heteroatoms. The van der Waals surface area contributed by atoms with Crippen LogP contribution in [0.15, 0.2) is 54.4 Å². The molecular weight excluding hydrogens is 436 g/mol. The van der Waals surface area contributed by atoms with Crippen LogP contribution in [0, 0.1) is 0 Å². The second-order valence-corrected chi connectivity index (χ2v) is 8.15. The summed E-state index contributed by atoms with van der Waals surface area (Å²) in [5, 5.41) is 1.35. The van der Waals surface area contributed by atoms with Gasteiger partial charge in [0.1, 0.15) is 18.0 Å². The van der Waals surface area contributed by atoms with Gasteiger partial charge >= 0.3 is 0 Å². The summed E-state index contributed by atoms with van der Waals surface area (Å²) in [6.45, 7) is 4.62. The van der Waals surface area contributed by atoms with Crippen molar-refractivity contribution >= 4 is 51.8 Å². The molecule has 2 N–H and O–H groups in total. The van der Waals surface area contributed by atoms with Crippen molar-refractivity contribution in [1.29, 1.82) is 0 Å². The molecule has 0 aliphatic carbocycles. The number of amides is 2. The Kier molecular flexibility index (Phi) is 6.20. The second kappa shape index (κ2) is 9.07. The topological polar surface area (TPSA) is 80.8 Å². The number of carbonyl (C=O) groups excluding carboxylic acids is 2. The van der Waals surface area contributed by atoms with Crippen molar-refractivity contribution in [3.8, 4) is 5.75 Å². The van der Waals surface area contributed by atoms with E-state index >= 15 is 0 Å². The zero-order valence-corrected chi connectivity index (χ0v) is 19.7. The van der Waals surface area contributed by atoms with E-state index in [0.29, 0.717) is 23.1 Å². The third kappa shape index (κ3) is 4.09. The Labute approximate surface area is 198 Å². The Morgan fingerprint density at radius 3 is 2.52 bits per heavy atom.